The van der Waals surface area contributed by atoms with E-state index < -0.39 is 0 Å². The van der Waals surface area contributed by atoms with Crippen LogP contribution in [0.25, 0.3) is 0 Å². The van der Waals surface area contributed by atoms with Gasteiger partial charge in [0.05, 0.1) is 5.88 Å². The monoisotopic (exact) mass is 349 g/mol. The molecule has 2 aliphatic heterocycles. The van der Waals surface area contributed by atoms with Gasteiger partial charge in [0.25, 0.3) is 0 Å². The highest BCUT2D eigenvalue weighted by molar-refractivity contribution is 7.99. The van der Waals surface area contributed by atoms with Crippen molar-refractivity contribution in [2.75, 3.05) is 30.4 Å². The Bertz CT molecular complexity index is 592. The molecule has 1 amide bonds. The summed E-state index contributed by atoms with van der Waals surface area (Å²) in [5, 5.41) is 9.99. The van der Waals surface area contributed by atoms with Crippen LogP contribution in [0.1, 0.15) is 57.9 Å². The van der Waals surface area contributed by atoms with Gasteiger partial charge in [-0.25, -0.2) is 0 Å². The summed E-state index contributed by atoms with van der Waals surface area (Å²) in [5.74, 6) is 2.87. The maximum Gasteiger partial charge on any atom is 0.228 e. The minimum atomic E-state index is 0.288. The molecule has 0 N–H and O–H groups in total. The van der Waals surface area contributed by atoms with Crippen LogP contribution in [0.3, 0.4) is 0 Å². The minimum Gasteiger partial charge on any atom is -0.341 e. The van der Waals surface area contributed by atoms with Crippen molar-refractivity contribution >= 4 is 23.6 Å². The smallest absolute Gasteiger partial charge is 0.228 e. The lowest BCUT2D eigenvalue weighted by molar-refractivity contribution is -0.132. The van der Waals surface area contributed by atoms with Gasteiger partial charge in [0.1, 0.15) is 0 Å². The Kier molecular flexibility index (Phi) is 4.70. The van der Waals surface area contributed by atoms with E-state index in [1.54, 1.807) is 11.8 Å². The van der Waals surface area contributed by atoms with Crippen molar-refractivity contribution in [3.63, 3.8) is 0 Å². The lowest BCUT2D eigenvalue weighted by Crippen LogP contribution is -2.35. The summed E-state index contributed by atoms with van der Waals surface area (Å²) in [5.41, 5.74) is 0. The molecule has 0 atom stereocenters. The van der Waals surface area contributed by atoms with E-state index in [0.717, 1.165) is 49.5 Å². The molecule has 4 rings (SSSR count). The van der Waals surface area contributed by atoms with E-state index >= 15 is 0 Å². The van der Waals surface area contributed by atoms with Crippen molar-refractivity contribution in [3.8, 4) is 0 Å². The number of rotatable bonds is 5. The molecule has 1 saturated carbocycles. The Hall–Kier alpha value is -1.24. The molecule has 3 aliphatic rings. The molecule has 3 fully saturated rings. The summed E-state index contributed by atoms with van der Waals surface area (Å²) in [7, 11) is 0. The highest BCUT2D eigenvalue weighted by atomic mass is 32.2. The van der Waals surface area contributed by atoms with Gasteiger partial charge in [0.15, 0.2) is 5.16 Å². The second-order valence-corrected chi connectivity index (χ2v) is 8.35. The van der Waals surface area contributed by atoms with E-state index in [9.17, 15) is 4.79 Å². The summed E-state index contributed by atoms with van der Waals surface area (Å²) < 4.78 is 2.34. The lowest BCUT2D eigenvalue weighted by atomic mass is 10.00. The molecule has 0 unspecified atom stereocenters. The van der Waals surface area contributed by atoms with Crippen molar-refractivity contribution in [1.29, 1.82) is 0 Å². The van der Waals surface area contributed by atoms with E-state index in [4.69, 9.17) is 0 Å². The van der Waals surface area contributed by atoms with Crippen LogP contribution >= 0.6 is 11.8 Å². The molecule has 1 aromatic heterocycles. The third kappa shape index (κ3) is 3.41. The zero-order chi connectivity index (χ0) is 16.5. The van der Waals surface area contributed by atoms with Gasteiger partial charge in [-0.05, 0) is 44.4 Å². The number of likely N-dealkylation sites (tertiary alicyclic amines) is 1. The van der Waals surface area contributed by atoms with E-state index in [1.165, 1.54) is 25.7 Å². The Morgan fingerprint density at radius 1 is 1.08 bits per heavy atom. The Morgan fingerprint density at radius 3 is 2.58 bits per heavy atom. The Labute approximate surface area is 148 Å². The number of hydrogen-bond donors (Lipinski definition) is 0. The van der Waals surface area contributed by atoms with Crippen LogP contribution in [-0.4, -0.2) is 51.1 Å². The summed E-state index contributed by atoms with van der Waals surface area (Å²) in [6.45, 7) is 5.39. The van der Waals surface area contributed by atoms with Crippen LogP contribution in [0.15, 0.2) is 5.16 Å². The number of thioether (sulfide) groups is 1. The predicted molar refractivity (Wildman–Crippen MR) is 95.2 cm³/mol. The van der Waals surface area contributed by atoms with Gasteiger partial charge in [0, 0.05) is 32.1 Å². The van der Waals surface area contributed by atoms with Crippen molar-refractivity contribution < 1.29 is 4.79 Å². The van der Waals surface area contributed by atoms with E-state index in [2.05, 4.69) is 26.6 Å². The first-order chi connectivity index (χ1) is 11.7. The third-order valence-electron chi connectivity index (χ3n) is 5.40. The Balaban J connectivity index is 1.46. The second kappa shape index (κ2) is 6.94. The number of nitrogens with zero attached hydrogens (tertiary/aromatic N) is 5. The fourth-order valence-electron chi connectivity index (χ4n) is 3.58. The zero-order valence-corrected chi connectivity index (χ0v) is 15.3. The molecule has 0 bridgehead atoms. The molecule has 2 saturated heterocycles. The molecule has 1 aromatic rings. The number of piperidine rings is 2. The van der Waals surface area contributed by atoms with Gasteiger partial charge in [-0.1, -0.05) is 18.7 Å². The topological polar surface area (TPSA) is 54.3 Å². The zero-order valence-electron chi connectivity index (χ0n) is 14.5. The van der Waals surface area contributed by atoms with Gasteiger partial charge < -0.3 is 9.80 Å². The molecule has 7 heteroatoms. The van der Waals surface area contributed by atoms with Crippen molar-refractivity contribution in [3.05, 3.63) is 0 Å². The number of amides is 1. The average molecular weight is 350 g/mol. The van der Waals surface area contributed by atoms with Crippen molar-refractivity contribution in [2.24, 2.45) is 5.92 Å². The fourth-order valence-corrected chi connectivity index (χ4v) is 4.59. The van der Waals surface area contributed by atoms with E-state index in [1.807, 2.05) is 4.90 Å². The van der Waals surface area contributed by atoms with Crippen LogP contribution in [-0.2, 0) is 4.79 Å². The van der Waals surface area contributed by atoms with Crippen LogP contribution < -0.4 is 4.90 Å². The van der Waals surface area contributed by atoms with Gasteiger partial charge >= 0.3 is 0 Å². The maximum atomic E-state index is 12.0. The van der Waals surface area contributed by atoms with Crippen LogP contribution in [0, 0.1) is 5.92 Å². The fraction of sp³-hybridized carbons (Fsp3) is 0.824. The first-order valence-corrected chi connectivity index (χ1v) is 10.3. The molecule has 1 aliphatic carbocycles. The van der Waals surface area contributed by atoms with Gasteiger partial charge in [-0.15, -0.1) is 10.2 Å². The molecule has 0 spiro atoms. The largest absolute Gasteiger partial charge is 0.341 e. The number of hydrogen-bond acceptors (Lipinski definition) is 5. The highest BCUT2D eigenvalue weighted by Gasteiger charge is 2.33. The standard InChI is InChI=1S/C17H27N5OS/c1-13-7-10-20(11-8-13)16-18-19-17(22(16)14-5-6-14)24-12-21-9-3-2-4-15(21)23/h13-14H,2-12H2,1H3. The SMILES string of the molecule is CC1CCN(c2nnc(SCN3CCCCC3=O)n2C2CC2)CC1. The van der Waals surface area contributed by atoms with Gasteiger partial charge in [-0.3, -0.25) is 9.36 Å². The van der Waals surface area contributed by atoms with Crippen LogP contribution in [0.4, 0.5) is 5.95 Å². The molecule has 6 nitrogen and oxygen atoms in total. The van der Waals surface area contributed by atoms with E-state index in [0.29, 0.717) is 18.3 Å². The molecule has 132 valence electrons. The van der Waals surface area contributed by atoms with Gasteiger partial charge in [0.2, 0.25) is 11.9 Å². The number of carbonyl (C=O) groups is 1. The molecule has 24 heavy (non-hydrogen) atoms. The molecular weight excluding hydrogens is 322 g/mol. The van der Waals surface area contributed by atoms with E-state index in [-0.39, 0.29) is 5.91 Å². The summed E-state index contributed by atoms with van der Waals surface area (Å²) >= 11 is 1.68. The number of aromatic nitrogens is 3. The summed E-state index contributed by atoms with van der Waals surface area (Å²) in [6.07, 6.45) is 7.79. The van der Waals surface area contributed by atoms with Crippen molar-refractivity contribution in [2.45, 2.75) is 63.1 Å². The molecule has 0 aromatic carbocycles. The molecule has 3 heterocycles. The average Bonchev–Trinajstić information content (AvgIpc) is 3.35. The van der Waals surface area contributed by atoms with Crippen LogP contribution in [0.2, 0.25) is 0 Å². The second-order valence-electron chi connectivity index (χ2n) is 7.44. The van der Waals surface area contributed by atoms with Gasteiger partial charge in [-0.2, -0.15) is 0 Å². The third-order valence-corrected chi connectivity index (χ3v) is 6.37. The number of anilines is 1. The summed E-state index contributed by atoms with van der Waals surface area (Å²) in [4.78, 5) is 16.4. The predicted octanol–water partition coefficient (Wildman–Crippen LogP) is 2.91. The normalized spacial score (nSPS) is 23.1. The highest BCUT2D eigenvalue weighted by Crippen LogP contribution is 2.41. The summed E-state index contributed by atoms with van der Waals surface area (Å²) in [6, 6.07) is 0.564. The quantitative estimate of drug-likeness (QED) is 0.765. The Morgan fingerprint density at radius 2 is 1.88 bits per heavy atom. The number of carbonyl (C=O) groups excluding carboxylic acids is 1. The van der Waals surface area contributed by atoms with Crippen LogP contribution in [0.5, 0.6) is 0 Å². The minimum absolute atomic E-state index is 0.288. The molecule has 0 radical (unpaired) electrons. The lowest BCUT2D eigenvalue weighted by Gasteiger charge is -2.31. The molecular formula is C17H27N5OS. The first kappa shape index (κ1) is 16.2. The maximum absolute atomic E-state index is 12.0. The van der Waals surface area contributed by atoms with Crippen molar-refractivity contribution in [1.82, 2.24) is 19.7 Å². The first-order valence-electron chi connectivity index (χ1n) is 9.33.